The normalized spacial score (nSPS) is 13.3. The van der Waals surface area contributed by atoms with E-state index in [4.69, 9.17) is 4.42 Å². The largest absolute Gasteiger partial charge is 0.459 e. The third kappa shape index (κ3) is 1.77. The number of benzene rings is 1. The summed E-state index contributed by atoms with van der Waals surface area (Å²) in [7, 11) is 1.97. The zero-order valence-corrected chi connectivity index (χ0v) is 9.50. The van der Waals surface area contributed by atoms with E-state index in [0.717, 1.165) is 17.8 Å². The lowest BCUT2D eigenvalue weighted by molar-refractivity contribution is 0.443. The van der Waals surface area contributed by atoms with Gasteiger partial charge in [-0.1, -0.05) is 25.1 Å². The molecule has 0 saturated carbocycles. The molecule has 0 aliphatic carbocycles. The first-order valence-electron chi connectivity index (χ1n) is 5.42. The summed E-state index contributed by atoms with van der Waals surface area (Å²) < 4.78 is 5.88. The van der Waals surface area contributed by atoms with Crippen LogP contribution in [-0.2, 0) is 0 Å². The van der Waals surface area contributed by atoms with Crippen molar-refractivity contribution in [1.29, 1.82) is 0 Å². The van der Waals surface area contributed by atoms with Gasteiger partial charge in [0.05, 0.1) is 6.04 Å². The number of hydrogen-bond donors (Lipinski definition) is 1. The van der Waals surface area contributed by atoms with Crippen LogP contribution in [-0.4, -0.2) is 7.05 Å². The van der Waals surface area contributed by atoms with E-state index < -0.39 is 0 Å². The van der Waals surface area contributed by atoms with Gasteiger partial charge in [0.2, 0.25) is 0 Å². The minimum absolute atomic E-state index is 0.316. The second kappa shape index (κ2) is 4.07. The molecular formula is C13H17NO. The lowest BCUT2D eigenvalue weighted by Crippen LogP contribution is -2.14. The molecule has 2 heteroatoms. The number of furan rings is 1. The summed E-state index contributed by atoms with van der Waals surface area (Å²) in [6.45, 7) is 4.23. The van der Waals surface area contributed by atoms with Crippen LogP contribution in [0.25, 0.3) is 11.0 Å². The fourth-order valence-electron chi connectivity index (χ4n) is 1.95. The van der Waals surface area contributed by atoms with Crippen molar-refractivity contribution >= 4 is 11.0 Å². The average molecular weight is 203 g/mol. The van der Waals surface area contributed by atoms with Crippen molar-refractivity contribution in [2.45, 2.75) is 26.3 Å². The highest BCUT2D eigenvalue weighted by molar-refractivity contribution is 5.80. The molecule has 15 heavy (non-hydrogen) atoms. The number of para-hydroxylation sites is 1. The smallest absolute Gasteiger partial charge is 0.137 e. The Bertz CT molecular complexity index is 455. The molecule has 1 heterocycles. The van der Waals surface area contributed by atoms with E-state index in [9.17, 15) is 0 Å². The molecule has 1 N–H and O–H groups in total. The van der Waals surface area contributed by atoms with Crippen molar-refractivity contribution < 1.29 is 4.42 Å². The van der Waals surface area contributed by atoms with Crippen molar-refractivity contribution in [3.05, 3.63) is 35.6 Å². The summed E-state index contributed by atoms with van der Waals surface area (Å²) in [5.74, 6) is 1.03. The van der Waals surface area contributed by atoms with Crippen LogP contribution in [0.4, 0.5) is 0 Å². The van der Waals surface area contributed by atoms with E-state index in [1.165, 1.54) is 10.9 Å². The molecule has 0 spiro atoms. The van der Waals surface area contributed by atoms with Crippen LogP contribution in [0.5, 0.6) is 0 Å². The molecule has 0 saturated heterocycles. The fraction of sp³-hybridized carbons (Fsp3) is 0.385. The van der Waals surface area contributed by atoms with Gasteiger partial charge in [0.1, 0.15) is 11.3 Å². The van der Waals surface area contributed by atoms with Gasteiger partial charge in [-0.3, -0.25) is 0 Å². The van der Waals surface area contributed by atoms with E-state index in [1.54, 1.807) is 0 Å². The van der Waals surface area contributed by atoms with Crippen molar-refractivity contribution in [2.24, 2.45) is 0 Å². The summed E-state index contributed by atoms with van der Waals surface area (Å²) in [5, 5.41) is 4.45. The molecule has 1 unspecified atom stereocenters. The van der Waals surface area contributed by atoms with Gasteiger partial charge in [-0.15, -0.1) is 0 Å². The molecule has 0 radical (unpaired) electrons. The fourth-order valence-corrected chi connectivity index (χ4v) is 1.95. The summed E-state index contributed by atoms with van der Waals surface area (Å²) in [4.78, 5) is 0. The van der Waals surface area contributed by atoms with E-state index in [-0.39, 0.29) is 0 Å². The lowest BCUT2D eigenvalue weighted by atomic mass is 10.1. The van der Waals surface area contributed by atoms with Crippen LogP contribution < -0.4 is 5.32 Å². The van der Waals surface area contributed by atoms with Gasteiger partial charge < -0.3 is 9.73 Å². The Morgan fingerprint density at radius 1 is 1.40 bits per heavy atom. The monoisotopic (exact) mass is 203 g/mol. The maximum absolute atomic E-state index is 5.88. The second-order valence-corrected chi connectivity index (χ2v) is 3.89. The molecule has 2 rings (SSSR count). The first kappa shape index (κ1) is 10.2. The van der Waals surface area contributed by atoms with E-state index >= 15 is 0 Å². The Labute approximate surface area is 90.3 Å². The third-order valence-electron chi connectivity index (χ3n) is 2.86. The zero-order valence-electron chi connectivity index (χ0n) is 9.50. The molecule has 0 aliphatic heterocycles. The SMILES string of the molecule is CCC(NC)c1cc2cccc(C)c2o1. The number of aryl methyl sites for hydroxylation is 1. The predicted molar refractivity (Wildman–Crippen MR) is 63.0 cm³/mol. The van der Waals surface area contributed by atoms with Gasteiger partial charge in [-0.2, -0.15) is 0 Å². The van der Waals surface area contributed by atoms with E-state index in [2.05, 4.69) is 43.4 Å². The standard InChI is InChI=1S/C13H17NO/c1-4-11(14-3)12-8-10-7-5-6-9(2)13(10)15-12/h5-8,11,14H,4H2,1-3H3. The van der Waals surface area contributed by atoms with E-state index in [0.29, 0.717) is 6.04 Å². The Morgan fingerprint density at radius 2 is 2.20 bits per heavy atom. The third-order valence-corrected chi connectivity index (χ3v) is 2.86. The Balaban J connectivity index is 2.51. The second-order valence-electron chi connectivity index (χ2n) is 3.89. The molecule has 80 valence electrons. The number of rotatable bonds is 3. The molecular weight excluding hydrogens is 186 g/mol. The quantitative estimate of drug-likeness (QED) is 0.827. The highest BCUT2D eigenvalue weighted by Crippen LogP contribution is 2.27. The van der Waals surface area contributed by atoms with Crippen LogP contribution in [0.1, 0.15) is 30.7 Å². The molecule has 0 aliphatic rings. The maximum atomic E-state index is 5.88. The van der Waals surface area contributed by atoms with Gasteiger partial charge in [-0.25, -0.2) is 0 Å². The number of nitrogens with one attached hydrogen (secondary N) is 1. The summed E-state index contributed by atoms with van der Waals surface area (Å²) in [6.07, 6.45) is 1.04. The molecule has 2 nitrogen and oxygen atoms in total. The lowest BCUT2D eigenvalue weighted by Gasteiger charge is -2.09. The van der Waals surface area contributed by atoms with Crippen molar-refractivity contribution in [2.75, 3.05) is 7.05 Å². The van der Waals surface area contributed by atoms with Crippen LogP contribution in [0.2, 0.25) is 0 Å². The summed E-state index contributed by atoms with van der Waals surface area (Å²) in [6, 6.07) is 8.69. The van der Waals surface area contributed by atoms with Gasteiger partial charge in [0.25, 0.3) is 0 Å². The first-order chi connectivity index (χ1) is 7.26. The first-order valence-corrected chi connectivity index (χ1v) is 5.42. The molecule has 0 fully saturated rings. The highest BCUT2D eigenvalue weighted by Gasteiger charge is 2.12. The maximum Gasteiger partial charge on any atom is 0.137 e. The minimum Gasteiger partial charge on any atom is -0.459 e. The molecule has 1 atom stereocenters. The molecule has 0 amide bonds. The topological polar surface area (TPSA) is 25.2 Å². The Morgan fingerprint density at radius 3 is 2.80 bits per heavy atom. The summed E-state index contributed by atoms with van der Waals surface area (Å²) >= 11 is 0. The van der Waals surface area contributed by atoms with Crippen molar-refractivity contribution in [3.8, 4) is 0 Å². The predicted octanol–water partition coefficient (Wildman–Crippen LogP) is 3.41. The number of fused-ring (bicyclic) bond motifs is 1. The van der Waals surface area contributed by atoms with Gasteiger partial charge in [0, 0.05) is 5.39 Å². The molecule has 1 aromatic carbocycles. The van der Waals surface area contributed by atoms with E-state index in [1.807, 2.05) is 7.05 Å². The van der Waals surface area contributed by atoms with Gasteiger partial charge >= 0.3 is 0 Å². The van der Waals surface area contributed by atoms with Crippen LogP contribution in [0.15, 0.2) is 28.7 Å². The Kier molecular flexibility index (Phi) is 2.78. The minimum atomic E-state index is 0.316. The molecule has 2 aromatic rings. The summed E-state index contributed by atoms with van der Waals surface area (Å²) in [5.41, 5.74) is 2.21. The zero-order chi connectivity index (χ0) is 10.8. The van der Waals surface area contributed by atoms with Crippen molar-refractivity contribution in [1.82, 2.24) is 5.32 Å². The van der Waals surface area contributed by atoms with Gasteiger partial charge in [0.15, 0.2) is 0 Å². The highest BCUT2D eigenvalue weighted by atomic mass is 16.3. The number of hydrogen-bond acceptors (Lipinski definition) is 2. The Hall–Kier alpha value is -1.28. The molecule has 1 aromatic heterocycles. The van der Waals surface area contributed by atoms with Crippen LogP contribution >= 0.6 is 0 Å². The van der Waals surface area contributed by atoms with Crippen LogP contribution in [0.3, 0.4) is 0 Å². The van der Waals surface area contributed by atoms with Crippen molar-refractivity contribution in [3.63, 3.8) is 0 Å². The average Bonchev–Trinajstić information content (AvgIpc) is 2.65. The van der Waals surface area contributed by atoms with Gasteiger partial charge in [-0.05, 0) is 32.0 Å². The molecule has 0 bridgehead atoms. The van der Waals surface area contributed by atoms with Crippen LogP contribution in [0, 0.1) is 6.92 Å².